The second-order valence-corrected chi connectivity index (χ2v) is 7.07. The number of amides is 1. The maximum Gasteiger partial charge on any atom is 0.221 e. The van der Waals surface area contributed by atoms with Gasteiger partial charge < -0.3 is 9.88 Å². The van der Waals surface area contributed by atoms with Crippen LogP contribution < -0.4 is 5.32 Å². The molecule has 2 atom stereocenters. The van der Waals surface area contributed by atoms with Crippen LogP contribution in [-0.2, 0) is 11.3 Å². The molecule has 142 valence electrons. The van der Waals surface area contributed by atoms with Gasteiger partial charge in [0.15, 0.2) is 0 Å². The van der Waals surface area contributed by atoms with Crippen LogP contribution in [0.4, 0.5) is 4.39 Å². The minimum Gasteiger partial charge on any atom is -0.354 e. The number of benzene rings is 2. The first-order chi connectivity index (χ1) is 13.0. The largest absolute Gasteiger partial charge is 0.354 e. The highest BCUT2D eigenvalue weighted by atomic mass is 19.1. The summed E-state index contributed by atoms with van der Waals surface area (Å²) in [4.78, 5) is 12.7. The number of carbonyl (C=O) groups excluding carboxylic acids is 1. The zero-order valence-corrected chi connectivity index (χ0v) is 16.2. The van der Waals surface area contributed by atoms with Crippen molar-refractivity contribution in [2.24, 2.45) is 0 Å². The predicted octanol–water partition coefficient (Wildman–Crippen LogP) is 5.24. The number of hydrogen-bond acceptors (Lipinski definition) is 1. The third kappa shape index (κ3) is 4.21. The monoisotopic (exact) mass is 366 g/mol. The molecule has 0 saturated carbocycles. The summed E-state index contributed by atoms with van der Waals surface area (Å²) in [6, 6.07) is 14.9. The van der Waals surface area contributed by atoms with Crippen molar-refractivity contribution < 1.29 is 9.18 Å². The number of para-hydroxylation sites is 1. The van der Waals surface area contributed by atoms with Crippen molar-refractivity contribution in [1.29, 1.82) is 0 Å². The molecule has 3 nitrogen and oxygen atoms in total. The first kappa shape index (κ1) is 19.2. The molecule has 2 aromatic carbocycles. The van der Waals surface area contributed by atoms with E-state index < -0.39 is 0 Å². The molecule has 4 heteroatoms. The normalized spacial score (nSPS) is 13.5. The molecule has 0 aliphatic rings. The Morgan fingerprint density at radius 3 is 2.48 bits per heavy atom. The number of hydrogen-bond donors (Lipinski definition) is 1. The van der Waals surface area contributed by atoms with Gasteiger partial charge in [0.25, 0.3) is 0 Å². The van der Waals surface area contributed by atoms with Gasteiger partial charge in [-0.3, -0.25) is 4.79 Å². The number of carbonyl (C=O) groups is 1. The Kier molecular flexibility index (Phi) is 5.94. The number of aromatic nitrogens is 1. The number of rotatable bonds is 7. The van der Waals surface area contributed by atoms with Crippen LogP contribution in [0.15, 0.2) is 54.7 Å². The van der Waals surface area contributed by atoms with Crippen molar-refractivity contribution in [3.63, 3.8) is 0 Å². The summed E-state index contributed by atoms with van der Waals surface area (Å²) < 4.78 is 15.7. The van der Waals surface area contributed by atoms with Gasteiger partial charge in [-0.05, 0) is 49.6 Å². The van der Waals surface area contributed by atoms with E-state index in [1.807, 2.05) is 19.1 Å². The molecule has 0 fully saturated rings. The molecule has 0 aliphatic carbocycles. The van der Waals surface area contributed by atoms with Gasteiger partial charge in [-0.1, -0.05) is 37.3 Å². The van der Waals surface area contributed by atoms with Crippen molar-refractivity contribution in [3.05, 3.63) is 71.7 Å². The molecule has 3 rings (SSSR count). The summed E-state index contributed by atoms with van der Waals surface area (Å²) in [5.41, 5.74) is 3.22. The molecule has 0 radical (unpaired) electrons. The van der Waals surface area contributed by atoms with Gasteiger partial charge in [0.1, 0.15) is 5.82 Å². The zero-order chi connectivity index (χ0) is 19.4. The van der Waals surface area contributed by atoms with Gasteiger partial charge in [-0.2, -0.15) is 0 Å². The second-order valence-electron chi connectivity index (χ2n) is 7.07. The van der Waals surface area contributed by atoms with Crippen LogP contribution in [-0.4, -0.2) is 16.5 Å². The van der Waals surface area contributed by atoms with Crippen LogP contribution in [0.25, 0.3) is 10.9 Å². The van der Waals surface area contributed by atoms with Gasteiger partial charge in [0.2, 0.25) is 5.91 Å². The van der Waals surface area contributed by atoms with Gasteiger partial charge in [0.05, 0.1) is 0 Å². The molecule has 1 heterocycles. The van der Waals surface area contributed by atoms with Crippen molar-refractivity contribution in [2.45, 2.75) is 52.1 Å². The minimum atomic E-state index is -0.266. The van der Waals surface area contributed by atoms with E-state index in [1.54, 1.807) is 12.1 Å². The van der Waals surface area contributed by atoms with E-state index in [2.05, 4.69) is 42.1 Å². The molecule has 1 aromatic heterocycles. The number of nitrogens with zero attached hydrogens (tertiary/aromatic N) is 1. The van der Waals surface area contributed by atoms with Crippen LogP contribution >= 0.6 is 0 Å². The topological polar surface area (TPSA) is 34.0 Å². The predicted molar refractivity (Wildman–Crippen MR) is 108 cm³/mol. The van der Waals surface area contributed by atoms with E-state index in [0.29, 0.717) is 6.42 Å². The quantitative estimate of drug-likeness (QED) is 0.610. The zero-order valence-electron chi connectivity index (χ0n) is 16.2. The molecule has 0 unspecified atom stereocenters. The third-order valence-corrected chi connectivity index (χ3v) is 5.22. The lowest BCUT2D eigenvalue weighted by Crippen LogP contribution is -2.33. The lowest BCUT2D eigenvalue weighted by atomic mass is 9.88. The van der Waals surface area contributed by atoms with E-state index >= 15 is 0 Å². The molecule has 0 spiro atoms. The fraction of sp³-hybridized carbons (Fsp3) is 0.348. The van der Waals surface area contributed by atoms with Crippen LogP contribution in [0.1, 0.15) is 50.7 Å². The standard InChI is InChI=1S/C23H27FN2O/c1-4-16(3)25-23(27)14-20(17-10-12-18(24)13-11-17)21-15-26(5-2)22-9-7-6-8-19(21)22/h6-13,15-16,20H,4-5,14H2,1-3H3,(H,25,27)/t16-,20+/m0/s1. The Hall–Kier alpha value is -2.62. The SMILES string of the molecule is CC[C@H](C)NC(=O)C[C@H](c1ccc(F)cc1)c1cn(CC)c2ccccc12. The first-order valence-corrected chi connectivity index (χ1v) is 9.66. The molecule has 1 amide bonds. The molecule has 0 saturated heterocycles. The van der Waals surface area contributed by atoms with Gasteiger partial charge in [-0.25, -0.2) is 4.39 Å². The Bertz CT molecular complexity index is 914. The van der Waals surface area contributed by atoms with Gasteiger partial charge in [-0.15, -0.1) is 0 Å². The molecule has 1 N–H and O–H groups in total. The van der Waals surface area contributed by atoms with Crippen molar-refractivity contribution in [1.82, 2.24) is 9.88 Å². The summed E-state index contributed by atoms with van der Waals surface area (Å²) in [6.07, 6.45) is 3.37. The van der Waals surface area contributed by atoms with Gasteiger partial charge >= 0.3 is 0 Å². The van der Waals surface area contributed by atoms with E-state index in [-0.39, 0.29) is 23.7 Å². The van der Waals surface area contributed by atoms with E-state index in [9.17, 15) is 9.18 Å². The summed E-state index contributed by atoms with van der Waals surface area (Å²) in [5.74, 6) is -0.364. The van der Waals surface area contributed by atoms with E-state index in [1.165, 1.54) is 12.1 Å². The highest BCUT2D eigenvalue weighted by Gasteiger charge is 2.23. The maximum atomic E-state index is 13.5. The molecular weight excluding hydrogens is 339 g/mol. The lowest BCUT2D eigenvalue weighted by Gasteiger charge is -2.19. The Morgan fingerprint density at radius 2 is 1.81 bits per heavy atom. The summed E-state index contributed by atoms with van der Waals surface area (Å²) >= 11 is 0. The van der Waals surface area contributed by atoms with Crippen molar-refractivity contribution >= 4 is 16.8 Å². The first-order valence-electron chi connectivity index (χ1n) is 9.66. The van der Waals surface area contributed by atoms with E-state index in [4.69, 9.17) is 0 Å². The third-order valence-electron chi connectivity index (χ3n) is 5.22. The molecule has 3 aromatic rings. The van der Waals surface area contributed by atoms with Crippen LogP contribution in [0.2, 0.25) is 0 Å². The fourth-order valence-electron chi connectivity index (χ4n) is 3.54. The summed E-state index contributed by atoms with van der Waals surface area (Å²) in [5, 5.41) is 4.20. The van der Waals surface area contributed by atoms with Gasteiger partial charge in [0, 0.05) is 42.0 Å². The number of aryl methyl sites for hydroxylation is 1. The molecular formula is C23H27FN2O. The molecule has 0 bridgehead atoms. The van der Waals surface area contributed by atoms with Crippen LogP contribution in [0.3, 0.4) is 0 Å². The maximum absolute atomic E-state index is 13.5. The highest BCUT2D eigenvalue weighted by molar-refractivity contribution is 5.86. The average Bonchev–Trinajstić information content (AvgIpc) is 3.05. The van der Waals surface area contributed by atoms with Crippen LogP contribution in [0.5, 0.6) is 0 Å². The van der Waals surface area contributed by atoms with E-state index in [0.717, 1.165) is 35.0 Å². The Labute approximate surface area is 160 Å². The number of nitrogens with one attached hydrogen (secondary N) is 1. The molecule has 0 aliphatic heterocycles. The highest BCUT2D eigenvalue weighted by Crippen LogP contribution is 2.35. The number of fused-ring (bicyclic) bond motifs is 1. The fourth-order valence-corrected chi connectivity index (χ4v) is 3.54. The minimum absolute atomic E-state index is 0.0204. The van der Waals surface area contributed by atoms with Crippen molar-refractivity contribution in [2.75, 3.05) is 0 Å². The Balaban J connectivity index is 2.04. The lowest BCUT2D eigenvalue weighted by molar-refractivity contribution is -0.121. The second kappa shape index (κ2) is 8.38. The molecule has 27 heavy (non-hydrogen) atoms. The number of halogens is 1. The van der Waals surface area contributed by atoms with Crippen LogP contribution in [0, 0.1) is 5.82 Å². The van der Waals surface area contributed by atoms with Crippen molar-refractivity contribution in [3.8, 4) is 0 Å². The average molecular weight is 366 g/mol. The summed E-state index contributed by atoms with van der Waals surface area (Å²) in [6.45, 7) is 7.03. The Morgan fingerprint density at radius 1 is 1.11 bits per heavy atom. The summed E-state index contributed by atoms with van der Waals surface area (Å²) in [7, 11) is 0. The smallest absolute Gasteiger partial charge is 0.221 e.